The van der Waals surface area contributed by atoms with Crippen LogP contribution in [0.15, 0.2) is 28.9 Å². The number of anilines is 2. The standard InChI is InChI=1S/C20H25N5O2/c1-6-25(7-2)17-9-8-14(11-21-17)22-19(26)15-10-16(12(3)4)23-20-18(15)13(5)24-27-20/h8-12H,6-7H2,1-5H3,(H,22,26). The van der Waals surface area contributed by atoms with Crippen LogP contribution in [-0.2, 0) is 0 Å². The summed E-state index contributed by atoms with van der Waals surface area (Å²) < 4.78 is 5.29. The van der Waals surface area contributed by atoms with Crippen molar-refractivity contribution in [2.45, 2.75) is 40.5 Å². The van der Waals surface area contributed by atoms with Crippen molar-refractivity contribution in [2.24, 2.45) is 0 Å². The van der Waals surface area contributed by atoms with Gasteiger partial charge in [0.15, 0.2) is 0 Å². The Labute approximate surface area is 158 Å². The molecule has 0 saturated heterocycles. The molecule has 0 unspecified atom stereocenters. The Morgan fingerprint density at radius 3 is 2.59 bits per heavy atom. The number of nitrogens with zero attached hydrogens (tertiary/aromatic N) is 4. The highest BCUT2D eigenvalue weighted by atomic mass is 16.5. The largest absolute Gasteiger partial charge is 0.357 e. The van der Waals surface area contributed by atoms with Gasteiger partial charge >= 0.3 is 0 Å². The van der Waals surface area contributed by atoms with Crippen LogP contribution in [0.3, 0.4) is 0 Å². The van der Waals surface area contributed by atoms with E-state index in [9.17, 15) is 4.79 Å². The molecule has 3 heterocycles. The number of nitrogens with one attached hydrogen (secondary N) is 1. The average Bonchev–Trinajstić information content (AvgIpc) is 3.04. The monoisotopic (exact) mass is 367 g/mol. The van der Waals surface area contributed by atoms with Gasteiger partial charge < -0.3 is 14.7 Å². The SMILES string of the molecule is CCN(CC)c1ccc(NC(=O)c2cc(C(C)C)nc3onc(C)c23)cn1. The Morgan fingerprint density at radius 1 is 1.26 bits per heavy atom. The zero-order valence-corrected chi connectivity index (χ0v) is 16.4. The van der Waals surface area contributed by atoms with Crippen LogP contribution in [0.4, 0.5) is 11.5 Å². The van der Waals surface area contributed by atoms with E-state index >= 15 is 0 Å². The Balaban J connectivity index is 1.91. The maximum atomic E-state index is 12.9. The highest BCUT2D eigenvalue weighted by Gasteiger charge is 2.20. The molecule has 0 aromatic carbocycles. The molecule has 0 bridgehead atoms. The molecule has 7 heteroatoms. The summed E-state index contributed by atoms with van der Waals surface area (Å²) in [6.45, 7) is 11.8. The molecule has 3 rings (SSSR count). The molecule has 142 valence electrons. The maximum absolute atomic E-state index is 12.9. The van der Waals surface area contributed by atoms with Crippen molar-refractivity contribution in [2.75, 3.05) is 23.3 Å². The van der Waals surface area contributed by atoms with Gasteiger partial charge in [-0.1, -0.05) is 19.0 Å². The summed E-state index contributed by atoms with van der Waals surface area (Å²) >= 11 is 0. The summed E-state index contributed by atoms with van der Waals surface area (Å²) in [6, 6.07) is 5.58. The first kappa shape index (κ1) is 18.8. The Morgan fingerprint density at radius 2 is 2.00 bits per heavy atom. The first-order valence-electron chi connectivity index (χ1n) is 9.23. The fraction of sp³-hybridized carbons (Fsp3) is 0.400. The molecular weight excluding hydrogens is 342 g/mol. The summed E-state index contributed by atoms with van der Waals surface area (Å²) in [4.78, 5) is 24.0. The van der Waals surface area contributed by atoms with Crippen molar-refractivity contribution in [3.63, 3.8) is 0 Å². The van der Waals surface area contributed by atoms with Gasteiger partial charge in [-0.05, 0) is 44.9 Å². The number of aryl methyl sites for hydroxylation is 1. The first-order valence-corrected chi connectivity index (χ1v) is 9.23. The quantitative estimate of drug-likeness (QED) is 0.704. The minimum absolute atomic E-state index is 0.168. The second-order valence-electron chi connectivity index (χ2n) is 6.73. The van der Waals surface area contributed by atoms with Gasteiger partial charge in [0, 0.05) is 18.8 Å². The summed E-state index contributed by atoms with van der Waals surface area (Å²) in [5.41, 5.74) is 2.97. The molecule has 3 aromatic rings. The van der Waals surface area contributed by atoms with Crippen LogP contribution in [0.25, 0.3) is 11.1 Å². The van der Waals surface area contributed by atoms with Crippen LogP contribution >= 0.6 is 0 Å². The van der Waals surface area contributed by atoms with Crippen LogP contribution in [0.2, 0.25) is 0 Å². The van der Waals surface area contributed by atoms with E-state index in [4.69, 9.17) is 4.52 Å². The van der Waals surface area contributed by atoms with Gasteiger partial charge in [0.1, 0.15) is 5.82 Å². The van der Waals surface area contributed by atoms with Gasteiger partial charge in [-0.2, -0.15) is 0 Å². The number of fused-ring (bicyclic) bond motifs is 1. The predicted octanol–water partition coefficient (Wildman–Crippen LogP) is 4.15. The van der Waals surface area contributed by atoms with E-state index in [1.807, 2.05) is 32.0 Å². The molecule has 7 nitrogen and oxygen atoms in total. The summed E-state index contributed by atoms with van der Waals surface area (Å²) in [5, 5.41) is 7.52. The number of hydrogen-bond acceptors (Lipinski definition) is 6. The molecule has 0 saturated carbocycles. The number of aromatic nitrogens is 3. The van der Waals surface area contributed by atoms with Crippen molar-refractivity contribution >= 4 is 28.5 Å². The van der Waals surface area contributed by atoms with Crippen LogP contribution in [0, 0.1) is 6.92 Å². The van der Waals surface area contributed by atoms with E-state index in [1.165, 1.54) is 0 Å². The lowest BCUT2D eigenvalue weighted by Gasteiger charge is -2.19. The lowest BCUT2D eigenvalue weighted by molar-refractivity contribution is 0.102. The third-order valence-electron chi connectivity index (χ3n) is 4.57. The van der Waals surface area contributed by atoms with Gasteiger partial charge in [0.05, 0.1) is 28.5 Å². The van der Waals surface area contributed by atoms with E-state index in [-0.39, 0.29) is 11.8 Å². The fourth-order valence-electron chi connectivity index (χ4n) is 2.98. The molecule has 0 radical (unpaired) electrons. The summed E-state index contributed by atoms with van der Waals surface area (Å²) in [7, 11) is 0. The first-order chi connectivity index (χ1) is 12.9. The van der Waals surface area contributed by atoms with Crippen LogP contribution in [0.5, 0.6) is 0 Å². The third-order valence-corrected chi connectivity index (χ3v) is 4.57. The second-order valence-corrected chi connectivity index (χ2v) is 6.73. The molecule has 0 aliphatic rings. The number of amides is 1. The highest BCUT2D eigenvalue weighted by Crippen LogP contribution is 2.26. The van der Waals surface area contributed by atoms with E-state index in [0.29, 0.717) is 28.0 Å². The van der Waals surface area contributed by atoms with Gasteiger partial charge in [0.25, 0.3) is 11.6 Å². The van der Waals surface area contributed by atoms with E-state index in [0.717, 1.165) is 24.6 Å². The zero-order chi connectivity index (χ0) is 19.6. The number of pyridine rings is 2. The van der Waals surface area contributed by atoms with Crippen LogP contribution in [-0.4, -0.2) is 34.1 Å². The molecule has 0 fully saturated rings. The minimum atomic E-state index is -0.229. The third kappa shape index (κ3) is 3.77. The molecule has 0 aliphatic heterocycles. The molecule has 1 amide bonds. The summed E-state index contributed by atoms with van der Waals surface area (Å²) in [6.07, 6.45) is 1.67. The van der Waals surface area contributed by atoms with E-state index < -0.39 is 0 Å². The van der Waals surface area contributed by atoms with Gasteiger partial charge in [-0.25, -0.2) is 9.97 Å². The van der Waals surface area contributed by atoms with Crippen molar-refractivity contribution in [1.29, 1.82) is 0 Å². The van der Waals surface area contributed by atoms with Gasteiger partial charge in [-0.3, -0.25) is 4.79 Å². The topological polar surface area (TPSA) is 84.2 Å². The van der Waals surface area contributed by atoms with Gasteiger partial charge in [0.2, 0.25) is 0 Å². The van der Waals surface area contributed by atoms with Crippen LogP contribution in [0.1, 0.15) is 55.4 Å². The van der Waals surface area contributed by atoms with Crippen LogP contribution < -0.4 is 10.2 Å². The minimum Gasteiger partial charge on any atom is -0.357 e. The molecule has 0 atom stereocenters. The molecule has 1 N–H and O–H groups in total. The number of hydrogen-bond donors (Lipinski definition) is 1. The lowest BCUT2D eigenvalue weighted by atomic mass is 10.0. The van der Waals surface area contributed by atoms with Crippen molar-refractivity contribution in [3.8, 4) is 0 Å². The fourth-order valence-corrected chi connectivity index (χ4v) is 2.98. The highest BCUT2D eigenvalue weighted by molar-refractivity contribution is 6.12. The Hall–Kier alpha value is -2.96. The van der Waals surface area contributed by atoms with E-state index in [2.05, 4.69) is 39.2 Å². The molecule has 0 spiro atoms. The molecule has 0 aliphatic carbocycles. The zero-order valence-electron chi connectivity index (χ0n) is 16.4. The Kier molecular flexibility index (Phi) is 5.39. The molecule has 3 aromatic heterocycles. The molecule has 27 heavy (non-hydrogen) atoms. The predicted molar refractivity (Wildman–Crippen MR) is 106 cm³/mol. The van der Waals surface area contributed by atoms with Crippen molar-refractivity contribution < 1.29 is 9.32 Å². The number of carbonyl (C=O) groups is 1. The second kappa shape index (κ2) is 7.73. The number of rotatable bonds is 6. The Bertz CT molecular complexity index is 943. The average molecular weight is 367 g/mol. The van der Waals surface area contributed by atoms with Crippen molar-refractivity contribution in [1.82, 2.24) is 15.1 Å². The van der Waals surface area contributed by atoms with Gasteiger partial charge in [-0.15, -0.1) is 0 Å². The summed E-state index contributed by atoms with van der Waals surface area (Å²) in [5.74, 6) is 0.829. The van der Waals surface area contributed by atoms with E-state index in [1.54, 1.807) is 13.1 Å². The smallest absolute Gasteiger partial charge is 0.259 e. The molecular formula is C20H25N5O2. The maximum Gasteiger partial charge on any atom is 0.259 e. The number of carbonyl (C=O) groups excluding carboxylic acids is 1. The normalized spacial score (nSPS) is 11.2. The van der Waals surface area contributed by atoms with Crippen molar-refractivity contribution in [3.05, 3.63) is 41.3 Å². The lowest BCUT2D eigenvalue weighted by Crippen LogP contribution is -2.23.